The highest BCUT2D eigenvalue weighted by Gasteiger charge is 2.07. The lowest BCUT2D eigenvalue weighted by molar-refractivity contribution is 0.283. The van der Waals surface area contributed by atoms with Gasteiger partial charge in [-0.2, -0.15) is 4.98 Å². The van der Waals surface area contributed by atoms with Gasteiger partial charge in [0, 0.05) is 6.42 Å². The molecule has 0 unspecified atom stereocenters. The van der Waals surface area contributed by atoms with Crippen molar-refractivity contribution in [3.63, 3.8) is 0 Å². The molecule has 0 atom stereocenters. The lowest BCUT2D eigenvalue weighted by atomic mass is 10.2. The fourth-order valence-electron chi connectivity index (χ4n) is 1.56. The molecule has 0 fully saturated rings. The first-order chi connectivity index (χ1) is 8.79. The number of hydrogen-bond donors (Lipinski definition) is 1. The third kappa shape index (κ3) is 3.30. The summed E-state index contributed by atoms with van der Waals surface area (Å²) in [5.74, 6) is 2.01. The summed E-state index contributed by atoms with van der Waals surface area (Å²) in [6.45, 7) is 2.94. The Morgan fingerprint density at radius 3 is 2.94 bits per heavy atom. The van der Waals surface area contributed by atoms with Gasteiger partial charge in [-0.3, -0.25) is 0 Å². The topological polar surface area (TPSA) is 74.2 Å². The van der Waals surface area contributed by atoms with Crippen molar-refractivity contribution in [3.8, 4) is 5.75 Å². The number of hydrogen-bond acceptors (Lipinski definition) is 5. The van der Waals surface area contributed by atoms with Crippen molar-refractivity contribution in [1.82, 2.24) is 10.1 Å². The second-order valence-electron chi connectivity index (χ2n) is 4.05. The van der Waals surface area contributed by atoms with Gasteiger partial charge in [-0.25, -0.2) is 0 Å². The quantitative estimate of drug-likeness (QED) is 0.843. The van der Waals surface area contributed by atoms with Crippen LogP contribution in [0.15, 0.2) is 28.8 Å². The van der Waals surface area contributed by atoms with Crippen LogP contribution in [-0.2, 0) is 13.0 Å². The molecule has 2 N–H and O–H groups in total. The van der Waals surface area contributed by atoms with E-state index in [-0.39, 0.29) is 0 Å². The molecule has 5 heteroatoms. The first-order valence-corrected chi connectivity index (χ1v) is 5.99. The summed E-state index contributed by atoms with van der Waals surface area (Å²) >= 11 is 0. The van der Waals surface area contributed by atoms with Crippen molar-refractivity contribution in [2.24, 2.45) is 5.73 Å². The summed E-state index contributed by atoms with van der Waals surface area (Å²) in [6.07, 6.45) is 1.56. The van der Waals surface area contributed by atoms with Gasteiger partial charge in [0.25, 0.3) is 0 Å². The average Bonchev–Trinajstić information content (AvgIpc) is 2.83. The maximum atomic E-state index is 5.63. The predicted octanol–water partition coefficient (Wildman–Crippen LogP) is 1.85. The van der Waals surface area contributed by atoms with Gasteiger partial charge in [0.2, 0.25) is 11.7 Å². The number of nitrogens with zero attached hydrogens (tertiary/aromatic N) is 2. The fourth-order valence-corrected chi connectivity index (χ4v) is 1.56. The van der Waals surface area contributed by atoms with Crippen LogP contribution in [0.25, 0.3) is 0 Å². The molecule has 0 amide bonds. The van der Waals surface area contributed by atoms with E-state index in [1.54, 1.807) is 0 Å². The van der Waals surface area contributed by atoms with Crippen molar-refractivity contribution < 1.29 is 9.26 Å². The van der Waals surface area contributed by atoms with Crippen molar-refractivity contribution in [1.29, 1.82) is 0 Å². The average molecular weight is 247 g/mol. The molecule has 18 heavy (non-hydrogen) atoms. The summed E-state index contributed by atoms with van der Waals surface area (Å²) in [7, 11) is 0. The van der Waals surface area contributed by atoms with Gasteiger partial charge in [-0.1, -0.05) is 23.4 Å². The highest BCUT2D eigenvalue weighted by Crippen LogP contribution is 2.17. The van der Waals surface area contributed by atoms with Crippen molar-refractivity contribution in [2.45, 2.75) is 26.4 Å². The van der Waals surface area contributed by atoms with E-state index in [1.165, 1.54) is 0 Å². The molecule has 0 radical (unpaired) electrons. The summed E-state index contributed by atoms with van der Waals surface area (Å²) in [5, 5.41) is 3.86. The van der Waals surface area contributed by atoms with Crippen LogP contribution in [-0.4, -0.2) is 16.7 Å². The minimum atomic E-state index is 0.316. The second-order valence-corrected chi connectivity index (χ2v) is 4.05. The van der Waals surface area contributed by atoms with E-state index in [4.69, 9.17) is 15.0 Å². The summed E-state index contributed by atoms with van der Waals surface area (Å²) < 4.78 is 10.7. The molecule has 0 spiro atoms. The highest BCUT2D eigenvalue weighted by atomic mass is 16.5. The van der Waals surface area contributed by atoms with Gasteiger partial charge in [-0.15, -0.1) is 0 Å². The molecular weight excluding hydrogens is 230 g/mol. The number of aryl methyl sites for hydroxylation is 2. The molecule has 1 aromatic heterocycles. The molecule has 0 aliphatic carbocycles. The Balaban J connectivity index is 1.90. The first kappa shape index (κ1) is 12.6. The number of nitrogens with two attached hydrogens (primary N) is 1. The molecule has 0 bridgehead atoms. The fraction of sp³-hybridized carbons (Fsp3) is 0.385. The molecule has 2 aromatic rings. The van der Waals surface area contributed by atoms with Crippen molar-refractivity contribution >= 4 is 0 Å². The van der Waals surface area contributed by atoms with E-state index in [9.17, 15) is 0 Å². The number of benzene rings is 1. The largest absolute Gasteiger partial charge is 0.485 e. The maximum absolute atomic E-state index is 5.63. The third-order valence-corrected chi connectivity index (χ3v) is 2.56. The van der Waals surface area contributed by atoms with Crippen LogP contribution < -0.4 is 10.5 Å². The van der Waals surface area contributed by atoms with E-state index >= 15 is 0 Å². The first-order valence-electron chi connectivity index (χ1n) is 5.99. The SMILES string of the molecule is Cc1ccccc1OCc1noc(CCCN)n1. The summed E-state index contributed by atoms with van der Waals surface area (Å²) in [6, 6.07) is 7.83. The standard InChI is InChI=1S/C13H17N3O2/c1-10-5-2-3-6-11(10)17-9-12-15-13(18-16-12)7-4-8-14/h2-3,5-6H,4,7-9,14H2,1H3. The third-order valence-electron chi connectivity index (χ3n) is 2.56. The molecule has 0 aliphatic rings. The minimum absolute atomic E-state index is 0.316. The van der Waals surface area contributed by atoms with E-state index in [0.29, 0.717) is 31.3 Å². The van der Waals surface area contributed by atoms with Gasteiger partial charge >= 0.3 is 0 Å². The predicted molar refractivity (Wildman–Crippen MR) is 67.2 cm³/mol. The van der Waals surface area contributed by atoms with Gasteiger partial charge < -0.3 is 15.0 Å². The lowest BCUT2D eigenvalue weighted by Crippen LogP contribution is -2.01. The van der Waals surface area contributed by atoms with E-state index in [2.05, 4.69) is 10.1 Å². The van der Waals surface area contributed by atoms with E-state index < -0.39 is 0 Å². The van der Waals surface area contributed by atoms with Crippen molar-refractivity contribution in [2.75, 3.05) is 6.54 Å². The smallest absolute Gasteiger partial charge is 0.226 e. The summed E-state index contributed by atoms with van der Waals surface area (Å²) in [4.78, 5) is 4.23. The zero-order valence-corrected chi connectivity index (χ0v) is 10.4. The van der Waals surface area contributed by atoms with Crippen LogP contribution in [0.4, 0.5) is 0 Å². The molecule has 0 aliphatic heterocycles. The van der Waals surface area contributed by atoms with Crippen LogP contribution >= 0.6 is 0 Å². The molecular formula is C13H17N3O2. The number of rotatable bonds is 6. The van der Waals surface area contributed by atoms with Gasteiger partial charge in [0.1, 0.15) is 5.75 Å². The molecule has 5 nitrogen and oxygen atoms in total. The Kier molecular flexibility index (Phi) is 4.30. The van der Waals surface area contributed by atoms with Crippen LogP contribution in [0.5, 0.6) is 5.75 Å². The van der Waals surface area contributed by atoms with Crippen molar-refractivity contribution in [3.05, 3.63) is 41.5 Å². The lowest BCUT2D eigenvalue weighted by Gasteiger charge is -2.05. The van der Waals surface area contributed by atoms with Crippen LogP contribution in [0.2, 0.25) is 0 Å². The number of aromatic nitrogens is 2. The Hall–Kier alpha value is -1.88. The Morgan fingerprint density at radius 1 is 1.33 bits per heavy atom. The molecule has 2 rings (SSSR count). The number of ether oxygens (including phenoxy) is 1. The van der Waals surface area contributed by atoms with Gasteiger partial charge in [-0.05, 0) is 31.5 Å². The zero-order valence-electron chi connectivity index (χ0n) is 10.4. The molecule has 0 saturated heterocycles. The van der Waals surface area contributed by atoms with Crippen LogP contribution in [0, 0.1) is 6.92 Å². The number of para-hydroxylation sites is 1. The second kappa shape index (κ2) is 6.16. The summed E-state index contributed by atoms with van der Waals surface area (Å²) in [5.41, 5.74) is 6.51. The van der Waals surface area contributed by atoms with E-state index in [0.717, 1.165) is 17.7 Å². The van der Waals surface area contributed by atoms with Gasteiger partial charge in [0.05, 0.1) is 0 Å². The van der Waals surface area contributed by atoms with Crippen LogP contribution in [0.3, 0.4) is 0 Å². The molecule has 1 aromatic carbocycles. The maximum Gasteiger partial charge on any atom is 0.226 e. The Labute approximate surface area is 106 Å². The van der Waals surface area contributed by atoms with E-state index in [1.807, 2.05) is 31.2 Å². The zero-order chi connectivity index (χ0) is 12.8. The highest BCUT2D eigenvalue weighted by molar-refractivity contribution is 5.31. The molecule has 0 saturated carbocycles. The molecule has 96 valence electrons. The molecule has 1 heterocycles. The Morgan fingerprint density at radius 2 is 2.17 bits per heavy atom. The monoisotopic (exact) mass is 247 g/mol. The van der Waals surface area contributed by atoms with Gasteiger partial charge in [0.15, 0.2) is 6.61 Å². The van der Waals surface area contributed by atoms with Crippen LogP contribution in [0.1, 0.15) is 23.7 Å². The Bertz CT molecular complexity index is 496. The minimum Gasteiger partial charge on any atom is -0.485 e. The normalized spacial score (nSPS) is 10.6.